The molecule has 0 radical (unpaired) electrons. The molecule has 0 saturated carbocycles. The van der Waals surface area contributed by atoms with Crippen LogP contribution in [0.5, 0.6) is 0 Å². The molecule has 0 bridgehead atoms. The van der Waals surface area contributed by atoms with Gasteiger partial charge in [0.25, 0.3) is 10.0 Å². The smallest absolute Gasteiger partial charge is 0.262 e. The van der Waals surface area contributed by atoms with Gasteiger partial charge in [-0.05, 0) is 42.3 Å². The van der Waals surface area contributed by atoms with Gasteiger partial charge in [0.1, 0.15) is 5.52 Å². The number of fused-ring (bicyclic) bond motifs is 2. The molecule has 2 aromatic carbocycles. The Labute approximate surface area is 150 Å². The van der Waals surface area contributed by atoms with Crippen molar-refractivity contribution in [1.82, 2.24) is 4.98 Å². The summed E-state index contributed by atoms with van der Waals surface area (Å²) in [5.74, 6) is 0.415. The van der Waals surface area contributed by atoms with Crippen LogP contribution >= 0.6 is 0 Å². The Morgan fingerprint density at radius 3 is 2.85 bits per heavy atom. The number of nitrogens with one attached hydrogen (secondary N) is 1. The first-order valence-corrected chi connectivity index (χ1v) is 9.63. The maximum absolute atomic E-state index is 12.8. The second-order valence-corrected chi connectivity index (χ2v) is 7.89. The van der Waals surface area contributed by atoms with Crippen LogP contribution in [0.25, 0.3) is 11.1 Å². The van der Waals surface area contributed by atoms with Crippen LogP contribution in [0, 0.1) is 6.92 Å². The summed E-state index contributed by atoms with van der Waals surface area (Å²) in [5, 5.41) is 0. The van der Waals surface area contributed by atoms with Crippen LogP contribution in [0.3, 0.4) is 0 Å². The van der Waals surface area contributed by atoms with E-state index in [9.17, 15) is 13.2 Å². The number of oxazole rings is 1. The third kappa shape index (κ3) is 2.72. The minimum Gasteiger partial charge on any atom is -0.439 e. The molecule has 3 aromatic rings. The minimum atomic E-state index is -3.80. The quantitative estimate of drug-likeness (QED) is 0.764. The lowest BCUT2D eigenvalue weighted by atomic mass is 10.2. The molecule has 0 unspecified atom stereocenters. The zero-order valence-corrected chi connectivity index (χ0v) is 15.1. The number of para-hydroxylation sites is 1. The summed E-state index contributed by atoms with van der Waals surface area (Å²) in [5.41, 5.74) is 2.95. The molecule has 1 aliphatic heterocycles. The summed E-state index contributed by atoms with van der Waals surface area (Å²) in [6, 6.07) is 9.92. The van der Waals surface area contributed by atoms with Crippen molar-refractivity contribution in [2.75, 3.05) is 16.2 Å². The zero-order valence-electron chi connectivity index (χ0n) is 14.3. The van der Waals surface area contributed by atoms with Gasteiger partial charge in [-0.15, -0.1) is 0 Å². The molecule has 1 N–H and O–H groups in total. The third-order valence-corrected chi connectivity index (χ3v) is 5.77. The van der Waals surface area contributed by atoms with Gasteiger partial charge in [0, 0.05) is 26.1 Å². The summed E-state index contributed by atoms with van der Waals surface area (Å²) in [4.78, 5) is 17.6. The van der Waals surface area contributed by atoms with E-state index in [4.69, 9.17) is 4.42 Å². The monoisotopic (exact) mass is 371 g/mol. The fourth-order valence-corrected chi connectivity index (χ4v) is 4.33. The summed E-state index contributed by atoms with van der Waals surface area (Å²) in [7, 11) is -3.80. The Balaban J connectivity index is 1.70. The van der Waals surface area contributed by atoms with Crippen LogP contribution in [0.2, 0.25) is 0 Å². The van der Waals surface area contributed by atoms with Gasteiger partial charge in [-0.25, -0.2) is 13.4 Å². The normalized spacial score (nSPS) is 13.8. The number of aromatic nitrogens is 1. The predicted octanol–water partition coefficient (Wildman–Crippen LogP) is 2.85. The number of rotatable bonds is 3. The van der Waals surface area contributed by atoms with Crippen LogP contribution in [0.1, 0.15) is 18.4 Å². The Hall–Kier alpha value is -2.87. The zero-order chi connectivity index (χ0) is 18.5. The third-order valence-electron chi connectivity index (χ3n) is 4.40. The van der Waals surface area contributed by atoms with Gasteiger partial charge in [-0.2, -0.15) is 0 Å². The number of aryl methyl sites for hydroxylation is 1. The first kappa shape index (κ1) is 16.6. The number of carbonyl (C=O) groups is 1. The Morgan fingerprint density at radius 2 is 2.08 bits per heavy atom. The molecule has 2 heterocycles. The molecule has 134 valence electrons. The fraction of sp³-hybridized carbons (Fsp3) is 0.222. The highest BCUT2D eigenvalue weighted by atomic mass is 32.2. The largest absolute Gasteiger partial charge is 0.439 e. The van der Waals surface area contributed by atoms with E-state index >= 15 is 0 Å². The lowest BCUT2D eigenvalue weighted by Crippen LogP contribution is -2.25. The van der Waals surface area contributed by atoms with Gasteiger partial charge in [0.05, 0.1) is 10.6 Å². The Morgan fingerprint density at radius 1 is 1.27 bits per heavy atom. The minimum absolute atomic E-state index is 0.0511. The highest BCUT2D eigenvalue weighted by molar-refractivity contribution is 7.92. The van der Waals surface area contributed by atoms with E-state index in [2.05, 4.69) is 9.71 Å². The maximum atomic E-state index is 12.8. The molecule has 26 heavy (non-hydrogen) atoms. The number of benzene rings is 2. The molecule has 0 spiro atoms. The molecule has 4 rings (SSSR count). The van der Waals surface area contributed by atoms with Gasteiger partial charge in [-0.3, -0.25) is 9.52 Å². The molecule has 7 nitrogen and oxygen atoms in total. The van der Waals surface area contributed by atoms with Crippen LogP contribution in [0.4, 0.5) is 11.4 Å². The van der Waals surface area contributed by atoms with Crippen molar-refractivity contribution in [2.45, 2.75) is 25.2 Å². The summed E-state index contributed by atoms with van der Waals surface area (Å²) >= 11 is 0. The molecule has 0 saturated heterocycles. The molecule has 1 aromatic heterocycles. The van der Waals surface area contributed by atoms with Crippen molar-refractivity contribution < 1.29 is 17.6 Å². The fourth-order valence-electron chi connectivity index (χ4n) is 3.22. The lowest BCUT2D eigenvalue weighted by molar-refractivity contribution is -0.116. The van der Waals surface area contributed by atoms with E-state index in [1.165, 1.54) is 13.0 Å². The second kappa shape index (κ2) is 5.84. The van der Waals surface area contributed by atoms with Crippen molar-refractivity contribution in [2.24, 2.45) is 0 Å². The van der Waals surface area contributed by atoms with Crippen molar-refractivity contribution in [3.05, 3.63) is 47.9 Å². The molecule has 0 atom stereocenters. The molecule has 1 amide bonds. The molecule has 0 fully saturated rings. The average Bonchev–Trinajstić information content (AvgIpc) is 3.17. The van der Waals surface area contributed by atoms with Crippen LogP contribution in [-0.2, 0) is 21.2 Å². The van der Waals surface area contributed by atoms with E-state index in [1.807, 2.05) is 0 Å². The number of anilines is 2. The topological polar surface area (TPSA) is 92.5 Å². The number of hydrogen-bond acceptors (Lipinski definition) is 5. The molecular weight excluding hydrogens is 354 g/mol. The van der Waals surface area contributed by atoms with Gasteiger partial charge in [0.15, 0.2) is 11.5 Å². The van der Waals surface area contributed by atoms with Crippen molar-refractivity contribution in [3.8, 4) is 0 Å². The van der Waals surface area contributed by atoms with Crippen molar-refractivity contribution in [1.29, 1.82) is 0 Å². The first-order valence-electron chi connectivity index (χ1n) is 8.15. The van der Waals surface area contributed by atoms with Gasteiger partial charge in [0.2, 0.25) is 5.91 Å². The standard InChI is InChI=1S/C18H17N3O4S/c1-11-19-15-4-3-5-16(18(15)25-11)20-26(23,24)14-6-7-17-13(10-14)8-9-21(17)12(2)22/h3-7,10,20H,8-9H2,1-2H3. The maximum Gasteiger partial charge on any atom is 0.262 e. The van der Waals surface area contributed by atoms with E-state index in [0.29, 0.717) is 35.6 Å². The molecule has 8 heteroatoms. The number of amides is 1. The highest BCUT2D eigenvalue weighted by Crippen LogP contribution is 2.32. The first-order chi connectivity index (χ1) is 12.3. The highest BCUT2D eigenvalue weighted by Gasteiger charge is 2.25. The summed E-state index contributed by atoms with van der Waals surface area (Å²) < 4.78 is 33.7. The van der Waals surface area contributed by atoms with Crippen molar-refractivity contribution >= 4 is 38.4 Å². The Bertz CT molecular complexity index is 1130. The van der Waals surface area contributed by atoms with Gasteiger partial charge >= 0.3 is 0 Å². The number of carbonyl (C=O) groups excluding carboxylic acids is 1. The Kier molecular flexibility index (Phi) is 3.73. The second-order valence-electron chi connectivity index (χ2n) is 6.20. The van der Waals surface area contributed by atoms with Gasteiger partial charge in [-0.1, -0.05) is 6.07 Å². The van der Waals surface area contributed by atoms with Crippen LogP contribution in [-0.4, -0.2) is 25.9 Å². The SMILES string of the molecule is CC(=O)N1CCc2cc(S(=O)(=O)Nc3cccc4nc(C)oc34)ccc21. The van der Waals surface area contributed by atoms with E-state index in [-0.39, 0.29) is 10.8 Å². The van der Waals surface area contributed by atoms with E-state index in [0.717, 1.165) is 11.3 Å². The lowest BCUT2D eigenvalue weighted by Gasteiger charge is -2.15. The van der Waals surface area contributed by atoms with Gasteiger partial charge < -0.3 is 9.32 Å². The van der Waals surface area contributed by atoms with Crippen LogP contribution < -0.4 is 9.62 Å². The number of hydrogen-bond donors (Lipinski definition) is 1. The van der Waals surface area contributed by atoms with Crippen LogP contribution in [0.15, 0.2) is 45.7 Å². The summed E-state index contributed by atoms with van der Waals surface area (Å²) in [6.07, 6.45) is 0.634. The number of sulfonamides is 1. The molecule has 0 aliphatic carbocycles. The molecule has 1 aliphatic rings. The summed E-state index contributed by atoms with van der Waals surface area (Å²) in [6.45, 7) is 3.78. The van der Waals surface area contributed by atoms with E-state index < -0.39 is 10.0 Å². The molecular formula is C18H17N3O4S. The van der Waals surface area contributed by atoms with Crippen molar-refractivity contribution in [3.63, 3.8) is 0 Å². The average molecular weight is 371 g/mol. The number of nitrogens with zero attached hydrogens (tertiary/aromatic N) is 2. The predicted molar refractivity (Wildman–Crippen MR) is 97.7 cm³/mol. The van der Waals surface area contributed by atoms with E-state index in [1.54, 1.807) is 42.2 Å².